The van der Waals surface area contributed by atoms with Gasteiger partial charge in [-0.05, 0) is 31.5 Å². The van der Waals surface area contributed by atoms with Gasteiger partial charge in [0.15, 0.2) is 0 Å². The molecule has 0 amide bonds. The van der Waals surface area contributed by atoms with Crippen molar-refractivity contribution >= 4 is 17.3 Å². The van der Waals surface area contributed by atoms with Crippen LogP contribution in [-0.2, 0) is 6.54 Å². The molecule has 0 aliphatic carbocycles. The second-order valence-electron chi connectivity index (χ2n) is 6.01. The van der Waals surface area contributed by atoms with Crippen LogP contribution in [0, 0.1) is 0 Å². The van der Waals surface area contributed by atoms with Crippen LogP contribution >= 0.6 is 11.3 Å². The average Bonchev–Trinajstić information content (AvgIpc) is 3.18. The molecule has 22 heavy (non-hydrogen) atoms. The highest BCUT2D eigenvalue weighted by Crippen LogP contribution is 2.36. The van der Waals surface area contributed by atoms with Crippen LogP contribution < -0.4 is 0 Å². The molecular weight excluding hydrogens is 300 g/mol. The summed E-state index contributed by atoms with van der Waals surface area (Å²) >= 11 is 1.38. The molecule has 6 heteroatoms. The van der Waals surface area contributed by atoms with E-state index in [2.05, 4.69) is 23.9 Å². The number of nitrogens with zero attached hydrogens (tertiary/aromatic N) is 2. The van der Waals surface area contributed by atoms with E-state index in [0.717, 1.165) is 42.3 Å². The maximum atomic E-state index is 11.0. The summed E-state index contributed by atoms with van der Waals surface area (Å²) in [5.74, 6) is 0.403. The molecule has 0 radical (unpaired) electrons. The number of thiophene rings is 1. The second-order valence-corrected chi connectivity index (χ2v) is 7.13. The van der Waals surface area contributed by atoms with E-state index in [9.17, 15) is 4.79 Å². The van der Waals surface area contributed by atoms with E-state index in [1.165, 1.54) is 11.3 Å². The van der Waals surface area contributed by atoms with Crippen molar-refractivity contribution in [3.63, 3.8) is 0 Å². The third kappa shape index (κ3) is 3.08. The molecule has 0 saturated carbocycles. The average molecular weight is 320 g/mol. The third-order valence-electron chi connectivity index (χ3n) is 4.04. The zero-order valence-electron chi connectivity index (χ0n) is 12.8. The SMILES string of the molecule is CC(C)c1cc(CN2CCCC2c2ccc(C(=O)O)s2)no1. The molecule has 1 atom stereocenters. The Hall–Kier alpha value is -1.66. The van der Waals surface area contributed by atoms with E-state index < -0.39 is 5.97 Å². The number of carbonyl (C=O) groups is 1. The van der Waals surface area contributed by atoms with Crippen molar-refractivity contribution in [3.05, 3.63) is 39.4 Å². The quantitative estimate of drug-likeness (QED) is 0.905. The number of carboxylic acids is 1. The number of rotatable bonds is 5. The molecule has 5 nitrogen and oxygen atoms in total. The fraction of sp³-hybridized carbons (Fsp3) is 0.500. The molecule has 118 valence electrons. The predicted octanol–water partition coefficient (Wildman–Crippen LogP) is 3.89. The van der Waals surface area contributed by atoms with Crippen LogP contribution in [0.15, 0.2) is 22.7 Å². The fourth-order valence-electron chi connectivity index (χ4n) is 2.87. The van der Waals surface area contributed by atoms with E-state index in [-0.39, 0.29) is 6.04 Å². The van der Waals surface area contributed by atoms with Crippen LogP contribution in [0.5, 0.6) is 0 Å². The minimum Gasteiger partial charge on any atom is -0.477 e. The predicted molar refractivity (Wildman–Crippen MR) is 84.3 cm³/mol. The van der Waals surface area contributed by atoms with Gasteiger partial charge >= 0.3 is 5.97 Å². The van der Waals surface area contributed by atoms with Crippen molar-refractivity contribution in [2.75, 3.05) is 6.54 Å². The van der Waals surface area contributed by atoms with Gasteiger partial charge in [-0.2, -0.15) is 0 Å². The van der Waals surface area contributed by atoms with E-state index in [4.69, 9.17) is 9.63 Å². The highest BCUT2D eigenvalue weighted by atomic mass is 32.1. The smallest absolute Gasteiger partial charge is 0.345 e. The van der Waals surface area contributed by atoms with Gasteiger partial charge < -0.3 is 9.63 Å². The Morgan fingerprint density at radius 2 is 2.36 bits per heavy atom. The van der Waals surface area contributed by atoms with Crippen molar-refractivity contribution in [1.82, 2.24) is 10.1 Å². The Bertz CT molecular complexity index is 662. The van der Waals surface area contributed by atoms with Crippen LogP contribution in [0.4, 0.5) is 0 Å². The van der Waals surface area contributed by atoms with Crippen LogP contribution in [0.1, 0.15) is 64.7 Å². The zero-order chi connectivity index (χ0) is 15.7. The fourth-order valence-corrected chi connectivity index (χ4v) is 3.88. The van der Waals surface area contributed by atoms with Crippen molar-refractivity contribution < 1.29 is 14.4 Å². The first kappa shape index (κ1) is 15.2. The largest absolute Gasteiger partial charge is 0.477 e. The number of likely N-dealkylation sites (tertiary alicyclic amines) is 1. The van der Waals surface area contributed by atoms with Gasteiger partial charge in [0.05, 0.1) is 5.69 Å². The minimum absolute atomic E-state index is 0.289. The van der Waals surface area contributed by atoms with Crippen molar-refractivity contribution in [2.24, 2.45) is 0 Å². The van der Waals surface area contributed by atoms with Crippen molar-refractivity contribution in [2.45, 2.75) is 45.2 Å². The normalized spacial score (nSPS) is 19.1. The standard InChI is InChI=1S/C16H20N2O3S/c1-10(2)13-8-11(17-21-13)9-18-7-3-4-12(18)14-5-6-15(22-14)16(19)20/h5-6,8,10,12H,3-4,7,9H2,1-2H3,(H,19,20). The minimum atomic E-state index is -0.848. The molecule has 1 N–H and O–H groups in total. The summed E-state index contributed by atoms with van der Waals surface area (Å²) in [6.07, 6.45) is 2.19. The van der Waals surface area contributed by atoms with Crippen molar-refractivity contribution in [1.29, 1.82) is 0 Å². The van der Waals surface area contributed by atoms with Gasteiger partial charge in [0.25, 0.3) is 0 Å². The number of hydrogen-bond acceptors (Lipinski definition) is 5. The summed E-state index contributed by atoms with van der Waals surface area (Å²) in [6.45, 7) is 5.93. The van der Waals surface area contributed by atoms with Gasteiger partial charge in [-0.3, -0.25) is 4.90 Å². The lowest BCUT2D eigenvalue weighted by Crippen LogP contribution is -2.22. The third-order valence-corrected chi connectivity index (χ3v) is 5.22. The molecule has 1 unspecified atom stereocenters. The van der Waals surface area contributed by atoms with Crippen LogP contribution in [0.2, 0.25) is 0 Å². The lowest BCUT2D eigenvalue weighted by Gasteiger charge is -2.22. The monoisotopic (exact) mass is 320 g/mol. The molecule has 1 fully saturated rings. The molecule has 1 saturated heterocycles. The molecule has 3 heterocycles. The molecular formula is C16H20N2O3S. The summed E-state index contributed by atoms with van der Waals surface area (Å²) in [7, 11) is 0. The Morgan fingerprint density at radius 1 is 1.55 bits per heavy atom. The van der Waals surface area contributed by atoms with E-state index in [1.807, 2.05) is 12.1 Å². The maximum Gasteiger partial charge on any atom is 0.345 e. The Kier molecular flexibility index (Phi) is 4.31. The number of hydrogen-bond donors (Lipinski definition) is 1. The van der Waals surface area contributed by atoms with Gasteiger partial charge in [0, 0.05) is 29.4 Å². The Morgan fingerprint density at radius 3 is 3.00 bits per heavy atom. The maximum absolute atomic E-state index is 11.0. The van der Waals surface area contributed by atoms with Gasteiger partial charge in [-0.15, -0.1) is 11.3 Å². The summed E-state index contributed by atoms with van der Waals surface area (Å²) in [5, 5.41) is 13.2. The molecule has 2 aromatic heterocycles. The van der Waals surface area contributed by atoms with Gasteiger partial charge in [-0.1, -0.05) is 19.0 Å². The van der Waals surface area contributed by atoms with Crippen LogP contribution in [0.3, 0.4) is 0 Å². The Balaban J connectivity index is 1.73. The van der Waals surface area contributed by atoms with E-state index >= 15 is 0 Å². The molecule has 0 spiro atoms. The molecule has 1 aliphatic rings. The molecule has 2 aromatic rings. The second kappa shape index (κ2) is 6.22. The summed E-state index contributed by atoms with van der Waals surface area (Å²) in [4.78, 5) is 14.9. The number of aromatic carboxylic acids is 1. The molecule has 3 rings (SSSR count). The van der Waals surface area contributed by atoms with E-state index in [0.29, 0.717) is 10.8 Å². The van der Waals surface area contributed by atoms with Crippen LogP contribution in [0.25, 0.3) is 0 Å². The first-order chi connectivity index (χ1) is 10.5. The Labute approximate surface area is 133 Å². The van der Waals surface area contributed by atoms with E-state index in [1.54, 1.807) is 6.07 Å². The zero-order valence-corrected chi connectivity index (χ0v) is 13.6. The first-order valence-corrected chi connectivity index (χ1v) is 8.39. The van der Waals surface area contributed by atoms with Gasteiger partial charge in [0.1, 0.15) is 10.6 Å². The summed E-state index contributed by atoms with van der Waals surface area (Å²) in [6, 6.07) is 5.96. The lowest BCUT2D eigenvalue weighted by molar-refractivity contribution is 0.0702. The highest BCUT2D eigenvalue weighted by Gasteiger charge is 2.28. The lowest BCUT2D eigenvalue weighted by atomic mass is 10.1. The number of carboxylic acid groups (broad SMARTS) is 1. The van der Waals surface area contributed by atoms with Gasteiger partial charge in [0.2, 0.25) is 0 Å². The molecule has 0 aromatic carbocycles. The number of aromatic nitrogens is 1. The highest BCUT2D eigenvalue weighted by molar-refractivity contribution is 7.14. The van der Waals surface area contributed by atoms with Crippen LogP contribution in [-0.4, -0.2) is 27.7 Å². The molecule has 1 aliphatic heterocycles. The summed E-state index contributed by atoms with van der Waals surface area (Å²) in [5.41, 5.74) is 0.950. The van der Waals surface area contributed by atoms with Crippen molar-refractivity contribution in [3.8, 4) is 0 Å². The van der Waals surface area contributed by atoms with Gasteiger partial charge in [-0.25, -0.2) is 4.79 Å². The first-order valence-electron chi connectivity index (χ1n) is 7.57. The summed E-state index contributed by atoms with van der Waals surface area (Å²) < 4.78 is 5.36. The molecule has 0 bridgehead atoms. The topological polar surface area (TPSA) is 66.6 Å².